The van der Waals surface area contributed by atoms with Crippen LogP contribution in [0.4, 0.5) is 17.3 Å². The minimum Gasteiger partial charge on any atom is -0.373 e. The Morgan fingerprint density at radius 3 is 2.44 bits per heavy atom. The van der Waals surface area contributed by atoms with Gasteiger partial charge in [-0.3, -0.25) is 0 Å². The molecule has 0 saturated heterocycles. The monoisotopic (exact) mass is 234 g/mol. The molecular weight excluding hydrogens is 224 g/mol. The minimum atomic E-state index is 0.712. The van der Waals surface area contributed by atoms with Gasteiger partial charge in [0, 0.05) is 23.8 Å². The Hall–Kier alpha value is -1.81. The third kappa shape index (κ3) is 2.61. The van der Waals surface area contributed by atoms with E-state index >= 15 is 0 Å². The predicted octanol–water partition coefficient (Wildman–Crippen LogP) is 2.92. The molecule has 0 aliphatic rings. The largest absolute Gasteiger partial charge is 0.373 e. The van der Waals surface area contributed by atoms with Crippen molar-refractivity contribution in [1.82, 2.24) is 9.97 Å². The first-order valence-corrected chi connectivity index (χ1v) is 5.18. The number of aromatic nitrogens is 2. The lowest BCUT2D eigenvalue weighted by atomic mass is 10.3. The molecule has 0 spiro atoms. The van der Waals surface area contributed by atoms with Crippen molar-refractivity contribution in [1.29, 1.82) is 0 Å². The second-order valence-electron chi connectivity index (χ2n) is 3.17. The summed E-state index contributed by atoms with van der Waals surface area (Å²) in [5.41, 5.74) is 0.935. The van der Waals surface area contributed by atoms with Crippen LogP contribution in [0.5, 0.6) is 0 Å². The molecule has 2 N–H and O–H groups in total. The van der Waals surface area contributed by atoms with Gasteiger partial charge >= 0.3 is 0 Å². The summed E-state index contributed by atoms with van der Waals surface area (Å²) in [7, 11) is 1.81. The fourth-order valence-electron chi connectivity index (χ4n) is 1.24. The van der Waals surface area contributed by atoms with Gasteiger partial charge in [0.05, 0.1) is 0 Å². The van der Waals surface area contributed by atoms with E-state index in [1.807, 2.05) is 37.4 Å². The fourth-order valence-corrected chi connectivity index (χ4v) is 1.37. The number of anilines is 3. The zero-order valence-electron chi connectivity index (χ0n) is 8.74. The van der Waals surface area contributed by atoms with Crippen LogP contribution in [0.25, 0.3) is 0 Å². The first-order valence-electron chi connectivity index (χ1n) is 4.80. The van der Waals surface area contributed by atoms with Crippen LogP contribution in [0.2, 0.25) is 5.02 Å². The average molecular weight is 235 g/mol. The summed E-state index contributed by atoms with van der Waals surface area (Å²) in [6, 6.07) is 9.26. The summed E-state index contributed by atoms with van der Waals surface area (Å²) in [5.74, 6) is 1.51. The number of nitrogens with one attached hydrogen (secondary N) is 2. The maximum atomic E-state index is 5.80. The molecule has 1 aromatic carbocycles. The summed E-state index contributed by atoms with van der Waals surface area (Å²) < 4.78 is 0. The van der Waals surface area contributed by atoms with Crippen LogP contribution in [0.1, 0.15) is 0 Å². The van der Waals surface area contributed by atoms with Crippen LogP contribution in [-0.4, -0.2) is 17.0 Å². The van der Waals surface area contributed by atoms with E-state index in [-0.39, 0.29) is 0 Å². The van der Waals surface area contributed by atoms with Gasteiger partial charge in [-0.05, 0) is 24.3 Å². The van der Waals surface area contributed by atoms with Crippen LogP contribution in [0.15, 0.2) is 36.7 Å². The van der Waals surface area contributed by atoms with Crippen molar-refractivity contribution < 1.29 is 0 Å². The predicted molar refractivity (Wildman–Crippen MR) is 66.3 cm³/mol. The van der Waals surface area contributed by atoms with Gasteiger partial charge in [0.15, 0.2) is 0 Å². The topological polar surface area (TPSA) is 49.8 Å². The average Bonchev–Trinajstić information content (AvgIpc) is 2.32. The molecule has 0 aliphatic carbocycles. The molecular formula is C11H11ClN4. The van der Waals surface area contributed by atoms with Crippen LogP contribution >= 0.6 is 11.6 Å². The minimum absolute atomic E-state index is 0.712. The SMILES string of the molecule is CNc1cc(Nc2ccc(Cl)cc2)ncn1. The molecule has 0 atom stereocenters. The second-order valence-corrected chi connectivity index (χ2v) is 3.61. The number of rotatable bonds is 3. The molecule has 2 aromatic rings. The van der Waals surface area contributed by atoms with E-state index < -0.39 is 0 Å². The molecule has 0 saturated carbocycles. The normalized spacial score (nSPS) is 9.88. The van der Waals surface area contributed by atoms with Crippen LogP contribution in [0.3, 0.4) is 0 Å². The Kier molecular flexibility index (Phi) is 3.22. The van der Waals surface area contributed by atoms with E-state index in [2.05, 4.69) is 20.6 Å². The van der Waals surface area contributed by atoms with Gasteiger partial charge in [0.25, 0.3) is 0 Å². The Bertz CT molecular complexity index is 470. The summed E-state index contributed by atoms with van der Waals surface area (Å²) in [6.07, 6.45) is 1.50. The molecule has 0 aliphatic heterocycles. The zero-order valence-corrected chi connectivity index (χ0v) is 9.49. The molecule has 4 nitrogen and oxygen atoms in total. The molecule has 1 heterocycles. The van der Waals surface area contributed by atoms with Crippen molar-refractivity contribution in [3.8, 4) is 0 Å². The number of hydrogen-bond acceptors (Lipinski definition) is 4. The van der Waals surface area contributed by atoms with Crippen LogP contribution in [0, 0.1) is 0 Å². The number of hydrogen-bond donors (Lipinski definition) is 2. The highest BCUT2D eigenvalue weighted by Gasteiger charge is 1.97. The third-order valence-corrected chi connectivity index (χ3v) is 2.29. The Balaban J connectivity index is 2.16. The lowest BCUT2D eigenvalue weighted by Gasteiger charge is -2.06. The summed E-state index contributed by atoms with van der Waals surface area (Å²) in [5, 5.41) is 6.82. The lowest BCUT2D eigenvalue weighted by Crippen LogP contribution is -1.97. The first-order chi connectivity index (χ1) is 7.78. The summed E-state index contributed by atoms with van der Waals surface area (Å²) >= 11 is 5.80. The molecule has 0 unspecified atom stereocenters. The zero-order chi connectivity index (χ0) is 11.4. The van der Waals surface area contributed by atoms with Gasteiger partial charge in [-0.15, -0.1) is 0 Å². The van der Waals surface area contributed by atoms with Gasteiger partial charge in [-0.1, -0.05) is 11.6 Å². The fraction of sp³-hybridized carbons (Fsp3) is 0.0909. The molecule has 0 amide bonds. The van der Waals surface area contributed by atoms with Crippen LogP contribution in [-0.2, 0) is 0 Å². The molecule has 5 heteroatoms. The second kappa shape index (κ2) is 4.81. The Morgan fingerprint density at radius 2 is 1.75 bits per heavy atom. The molecule has 82 valence electrons. The first kappa shape index (κ1) is 10.7. The van der Waals surface area contributed by atoms with Gasteiger partial charge in [-0.2, -0.15) is 0 Å². The van der Waals surface area contributed by atoms with E-state index in [9.17, 15) is 0 Å². The smallest absolute Gasteiger partial charge is 0.135 e. The Morgan fingerprint density at radius 1 is 1.06 bits per heavy atom. The molecule has 16 heavy (non-hydrogen) atoms. The number of benzene rings is 1. The molecule has 2 rings (SSSR count). The van der Waals surface area contributed by atoms with E-state index in [1.54, 1.807) is 0 Å². The van der Waals surface area contributed by atoms with Crippen molar-refractivity contribution in [2.75, 3.05) is 17.7 Å². The Labute approximate surface area is 98.7 Å². The molecule has 0 radical (unpaired) electrons. The highest BCUT2D eigenvalue weighted by Crippen LogP contribution is 2.18. The van der Waals surface area contributed by atoms with Gasteiger partial charge in [-0.25, -0.2) is 9.97 Å². The summed E-state index contributed by atoms with van der Waals surface area (Å²) in [4.78, 5) is 8.14. The molecule has 1 aromatic heterocycles. The van der Waals surface area contributed by atoms with Gasteiger partial charge in [0.2, 0.25) is 0 Å². The van der Waals surface area contributed by atoms with Crippen molar-refractivity contribution in [2.45, 2.75) is 0 Å². The van der Waals surface area contributed by atoms with Gasteiger partial charge < -0.3 is 10.6 Å². The van der Waals surface area contributed by atoms with Crippen molar-refractivity contribution in [2.24, 2.45) is 0 Å². The van der Waals surface area contributed by atoms with Crippen molar-refractivity contribution in [3.63, 3.8) is 0 Å². The van der Waals surface area contributed by atoms with E-state index in [4.69, 9.17) is 11.6 Å². The van der Waals surface area contributed by atoms with Crippen molar-refractivity contribution in [3.05, 3.63) is 41.7 Å². The highest BCUT2D eigenvalue weighted by atomic mass is 35.5. The van der Waals surface area contributed by atoms with Crippen molar-refractivity contribution >= 4 is 28.9 Å². The maximum Gasteiger partial charge on any atom is 0.135 e. The van der Waals surface area contributed by atoms with E-state index in [1.165, 1.54) is 6.33 Å². The summed E-state index contributed by atoms with van der Waals surface area (Å²) in [6.45, 7) is 0. The van der Waals surface area contributed by atoms with E-state index in [0.717, 1.165) is 17.3 Å². The number of nitrogens with zero attached hydrogens (tertiary/aromatic N) is 2. The third-order valence-electron chi connectivity index (χ3n) is 2.04. The van der Waals surface area contributed by atoms with Crippen LogP contribution < -0.4 is 10.6 Å². The lowest BCUT2D eigenvalue weighted by molar-refractivity contribution is 1.16. The van der Waals surface area contributed by atoms with Gasteiger partial charge in [0.1, 0.15) is 18.0 Å². The standard InChI is InChI=1S/C11H11ClN4/c1-13-10-6-11(15-7-14-10)16-9-4-2-8(12)3-5-9/h2-7H,1H3,(H2,13,14,15,16). The highest BCUT2D eigenvalue weighted by molar-refractivity contribution is 6.30. The quantitative estimate of drug-likeness (QED) is 0.858. The molecule has 0 bridgehead atoms. The number of halogens is 1. The van der Waals surface area contributed by atoms with E-state index in [0.29, 0.717) is 5.02 Å². The maximum absolute atomic E-state index is 5.80. The molecule has 0 fully saturated rings.